The molecule has 0 heterocycles. The van der Waals surface area contributed by atoms with Crippen molar-refractivity contribution in [1.82, 2.24) is 0 Å². The van der Waals surface area contributed by atoms with Crippen LogP contribution in [-0.4, -0.2) is 11.4 Å². The molecule has 0 aliphatic heterocycles. The lowest BCUT2D eigenvalue weighted by Gasteiger charge is -2.12. The summed E-state index contributed by atoms with van der Waals surface area (Å²) < 4.78 is 0. The third kappa shape index (κ3) is 4.13. The average molecular weight is 323 g/mol. The smallest absolute Gasteiger partial charge is 0.175 e. The lowest BCUT2D eigenvalue weighted by Crippen LogP contribution is -2.19. The lowest BCUT2D eigenvalue weighted by atomic mass is 10.2. The summed E-state index contributed by atoms with van der Waals surface area (Å²) in [5, 5.41) is 7.44. The normalized spacial score (nSPS) is 10.2. The molecule has 0 unspecified atom stereocenters. The van der Waals surface area contributed by atoms with Crippen molar-refractivity contribution in [3.8, 4) is 0 Å². The topological polar surface area (TPSA) is 24.1 Å². The number of benzene rings is 2. The Morgan fingerprint density at radius 1 is 1.15 bits per heavy atom. The van der Waals surface area contributed by atoms with Gasteiger partial charge in [0.2, 0.25) is 0 Å². The predicted molar refractivity (Wildman–Crippen MR) is 94.3 cm³/mol. The molecule has 0 radical (unpaired) electrons. The van der Waals surface area contributed by atoms with Crippen molar-refractivity contribution in [2.24, 2.45) is 0 Å². The van der Waals surface area contributed by atoms with E-state index < -0.39 is 0 Å². The van der Waals surface area contributed by atoms with Crippen molar-refractivity contribution in [3.05, 3.63) is 53.1 Å². The number of rotatable bonds is 3. The van der Waals surface area contributed by atoms with Crippen LogP contribution in [0.1, 0.15) is 5.56 Å². The van der Waals surface area contributed by atoms with Gasteiger partial charge in [-0.05, 0) is 61.3 Å². The van der Waals surface area contributed by atoms with Gasteiger partial charge >= 0.3 is 0 Å². The monoisotopic (exact) mass is 322 g/mol. The second-order valence-electron chi connectivity index (χ2n) is 4.29. The fraction of sp³-hybridized carbons (Fsp3) is 0.133. The maximum Gasteiger partial charge on any atom is 0.175 e. The zero-order chi connectivity index (χ0) is 14.5. The first-order valence-electron chi connectivity index (χ1n) is 6.06. The third-order valence-corrected chi connectivity index (χ3v) is 3.94. The first-order valence-corrected chi connectivity index (χ1v) is 8.08. The Morgan fingerprint density at radius 3 is 2.65 bits per heavy atom. The van der Waals surface area contributed by atoms with E-state index in [9.17, 15) is 0 Å². The summed E-state index contributed by atoms with van der Waals surface area (Å²) in [4.78, 5) is 1.19. The molecule has 2 aromatic carbocycles. The Morgan fingerprint density at radius 2 is 1.95 bits per heavy atom. The second-order valence-corrected chi connectivity index (χ2v) is 5.99. The summed E-state index contributed by atoms with van der Waals surface area (Å²) in [7, 11) is 0. The van der Waals surface area contributed by atoms with Gasteiger partial charge in [-0.15, -0.1) is 11.8 Å². The van der Waals surface area contributed by atoms with Gasteiger partial charge in [0, 0.05) is 10.6 Å². The van der Waals surface area contributed by atoms with Crippen molar-refractivity contribution in [2.75, 3.05) is 16.9 Å². The van der Waals surface area contributed by atoms with Crippen molar-refractivity contribution in [3.63, 3.8) is 0 Å². The third-order valence-electron chi connectivity index (χ3n) is 2.70. The number of nitrogens with one attached hydrogen (secondary N) is 2. The fourth-order valence-electron chi connectivity index (χ4n) is 1.71. The molecule has 20 heavy (non-hydrogen) atoms. The summed E-state index contributed by atoms with van der Waals surface area (Å²) in [6.45, 7) is 2.00. The van der Waals surface area contributed by atoms with Crippen molar-refractivity contribution >= 4 is 52.1 Å². The number of anilines is 2. The summed E-state index contributed by atoms with van der Waals surface area (Å²) in [6, 6.07) is 13.9. The predicted octanol–water partition coefficient (Wildman–Crippen LogP) is 5.18. The quantitative estimate of drug-likeness (QED) is 0.600. The van der Waals surface area contributed by atoms with Crippen LogP contribution in [0.3, 0.4) is 0 Å². The van der Waals surface area contributed by atoms with E-state index in [0.717, 1.165) is 16.9 Å². The largest absolute Gasteiger partial charge is 0.332 e. The van der Waals surface area contributed by atoms with Crippen molar-refractivity contribution in [1.29, 1.82) is 0 Å². The molecule has 0 saturated heterocycles. The van der Waals surface area contributed by atoms with Crippen LogP contribution in [0.5, 0.6) is 0 Å². The van der Waals surface area contributed by atoms with E-state index in [1.165, 1.54) is 4.90 Å². The van der Waals surface area contributed by atoms with Gasteiger partial charge in [-0.3, -0.25) is 0 Å². The van der Waals surface area contributed by atoms with Gasteiger partial charge in [-0.25, -0.2) is 0 Å². The molecule has 104 valence electrons. The highest BCUT2D eigenvalue weighted by Crippen LogP contribution is 2.23. The van der Waals surface area contributed by atoms with Crippen LogP contribution in [0, 0.1) is 6.92 Å². The first kappa shape index (κ1) is 15.2. The number of hydrogen-bond donors (Lipinski definition) is 2. The second kappa shape index (κ2) is 6.97. The maximum atomic E-state index is 6.17. The van der Waals surface area contributed by atoms with E-state index in [-0.39, 0.29) is 0 Å². The van der Waals surface area contributed by atoms with Gasteiger partial charge in [-0.1, -0.05) is 23.7 Å². The molecule has 0 atom stereocenters. The highest BCUT2D eigenvalue weighted by atomic mass is 35.5. The molecule has 0 aliphatic rings. The van der Waals surface area contributed by atoms with Crippen LogP contribution < -0.4 is 10.6 Å². The number of aryl methyl sites for hydroxylation is 1. The van der Waals surface area contributed by atoms with E-state index in [0.29, 0.717) is 10.1 Å². The molecule has 0 fully saturated rings. The fourth-order valence-corrected chi connectivity index (χ4v) is 2.68. The van der Waals surface area contributed by atoms with Gasteiger partial charge in [0.1, 0.15) is 0 Å². The number of hydrogen-bond acceptors (Lipinski definition) is 2. The van der Waals surface area contributed by atoms with Crippen molar-refractivity contribution in [2.45, 2.75) is 11.8 Å². The van der Waals surface area contributed by atoms with Crippen LogP contribution in [0.25, 0.3) is 0 Å². The van der Waals surface area contributed by atoms with Gasteiger partial charge < -0.3 is 10.6 Å². The van der Waals surface area contributed by atoms with E-state index in [2.05, 4.69) is 22.8 Å². The standard InChI is InChI=1S/C15H15ClN2S2/c1-10-6-7-14(13(16)8-10)18-15(19)17-11-4-3-5-12(9-11)20-2/h3-9H,1-2H3,(H2,17,18,19). The molecule has 2 nitrogen and oxygen atoms in total. The molecule has 0 saturated carbocycles. The molecule has 5 heteroatoms. The molecular weight excluding hydrogens is 308 g/mol. The minimum atomic E-state index is 0.522. The summed E-state index contributed by atoms with van der Waals surface area (Å²) in [5.74, 6) is 0. The van der Waals surface area contributed by atoms with E-state index in [1.54, 1.807) is 11.8 Å². The lowest BCUT2D eigenvalue weighted by molar-refractivity contribution is 1.45. The molecule has 0 aliphatic carbocycles. The minimum Gasteiger partial charge on any atom is -0.332 e. The number of halogens is 1. The molecule has 2 rings (SSSR count). The van der Waals surface area contributed by atoms with Gasteiger partial charge in [0.05, 0.1) is 10.7 Å². The number of thioether (sulfide) groups is 1. The molecule has 2 N–H and O–H groups in total. The highest BCUT2D eigenvalue weighted by molar-refractivity contribution is 7.98. The van der Waals surface area contributed by atoms with E-state index in [1.807, 2.05) is 43.5 Å². The molecule has 0 amide bonds. The minimum absolute atomic E-state index is 0.522. The van der Waals surface area contributed by atoms with E-state index >= 15 is 0 Å². The Kier molecular flexibility index (Phi) is 5.29. The molecule has 0 bridgehead atoms. The van der Waals surface area contributed by atoms with Crippen LogP contribution in [0.4, 0.5) is 11.4 Å². The van der Waals surface area contributed by atoms with Gasteiger partial charge in [0.15, 0.2) is 5.11 Å². The zero-order valence-electron chi connectivity index (χ0n) is 11.2. The Labute approximate surface area is 133 Å². The van der Waals surface area contributed by atoms with Gasteiger partial charge in [0.25, 0.3) is 0 Å². The van der Waals surface area contributed by atoms with Crippen LogP contribution >= 0.6 is 35.6 Å². The highest BCUT2D eigenvalue weighted by Gasteiger charge is 2.03. The maximum absolute atomic E-state index is 6.17. The Balaban J connectivity index is 2.05. The summed E-state index contributed by atoms with van der Waals surface area (Å²) >= 11 is 13.2. The summed E-state index contributed by atoms with van der Waals surface area (Å²) in [5.41, 5.74) is 2.88. The molecule has 0 spiro atoms. The zero-order valence-corrected chi connectivity index (χ0v) is 13.6. The Bertz CT molecular complexity index is 629. The molecular formula is C15H15ClN2S2. The molecule has 0 aromatic heterocycles. The van der Waals surface area contributed by atoms with E-state index in [4.69, 9.17) is 23.8 Å². The Hall–Kier alpha value is -1.23. The number of thiocarbonyl (C=S) groups is 1. The van der Waals surface area contributed by atoms with Gasteiger partial charge in [-0.2, -0.15) is 0 Å². The summed E-state index contributed by atoms with van der Waals surface area (Å²) in [6.07, 6.45) is 2.04. The molecule has 2 aromatic rings. The SMILES string of the molecule is CSc1cccc(NC(=S)Nc2ccc(C)cc2Cl)c1. The van der Waals surface area contributed by atoms with Crippen molar-refractivity contribution < 1.29 is 0 Å². The average Bonchev–Trinajstić information content (AvgIpc) is 2.42. The van der Waals surface area contributed by atoms with Crippen LogP contribution in [0.15, 0.2) is 47.4 Å². The van der Waals surface area contributed by atoms with Crippen LogP contribution in [0.2, 0.25) is 5.02 Å². The first-order chi connectivity index (χ1) is 9.58. The van der Waals surface area contributed by atoms with Crippen LogP contribution in [-0.2, 0) is 0 Å².